The van der Waals surface area contributed by atoms with Gasteiger partial charge >= 0.3 is 16.1 Å². The Bertz CT molecular complexity index is 994. The van der Waals surface area contributed by atoms with Crippen LogP contribution >= 0.6 is 0 Å². The lowest BCUT2D eigenvalue weighted by atomic mass is 10.1. The SMILES string of the molecule is CS(=O)(=O)Oc1ccccc1/C=C1/N=C(c2ccc(F)cc2)OC1=O. The maximum Gasteiger partial charge on any atom is 0.363 e. The molecule has 1 aliphatic heterocycles. The molecule has 2 aromatic rings. The largest absolute Gasteiger partial charge is 0.402 e. The first kappa shape index (κ1) is 16.8. The number of hydrogen-bond acceptors (Lipinski definition) is 6. The van der Waals surface area contributed by atoms with E-state index in [0.717, 1.165) is 6.26 Å². The van der Waals surface area contributed by atoms with Crippen LogP contribution in [0.4, 0.5) is 4.39 Å². The highest BCUT2D eigenvalue weighted by atomic mass is 32.2. The van der Waals surface area contributed by atoms with Gasteiger partial charge in [-0.1, -0.05) is 18.2 Å². The van der Waals surface area contributed by atoms with Crippen molar-refractivity contribution in [3.05, 3.63) is 71.2 Å². The third-order valence-electron chi connectivity index (χ3n) is 3.16. The van der Waals surface area contributed by atoms with Crippen molar-refractivity contribution in [2.45, 2.75) is 0 Å². The summed E-state index contributed by atoms with van der Waals surface area (Å²) in [5.41, 5.74) is 0.770. The highest BCUT2D eigenvalue weighted by Crippen LogP contribution is 2.25. The predicted molar refractivity (Wildman–Crippen MR) is 88.9 cm³/mol. The van der Waals surface area contributed by atoms with Gasteiger partial charge < -0.3 is 8.92 Å². The molecule has 25 heavy (non-hydrogen) atoms. The maximum absolute atomic E-state index is 13.0. The van der Waals surface area contributed by atoms with Crippen LogP contribution in [0.15, 0.2) is 59.2 Å². The number of cyclic esters (lactones) is 1. The summed E-state index contributed by atoms with van der Waals surface area (Å²) < 4.78 is 45.6. The third kappa shape index (κ3) is 4.10. The van der Waals surface area contributed by atoms with Crippen molar-refractivity contribution in [3.63, 3.8) is 0 Å². The van der Waals surface area contributed by atoms with Crippen molar-refractivity contribution >= 4 is 28.1 Å². The van der Waals surface area contributed by atoms with E-state index in [2.05, 4.69) is 4.99 Å². The monoisotopic (exact) mass is 361 g/mol. The van der Waals surface area contributed by atoms with Gasteiger partial charge in [-0.2, -0.15) is 8.42 Å². The summed E-state index contributed by atoms with van der Waals surface area (Å²) in [6, 6.07) is 11.6. The van der Waals surface area contributed by atoms with E-state index in [-0.39, 0.29) is 17.3 Å². The lowest BCUT2D eigenvalue weighted by Crippen LogP contribution is -2.07. The van der Waals surface area contributed by atoms with Gasteiger partial charge in [0.05, 0.1) is 6.26 Å². The Morgan fingerprint density at radius 2 is 1.80 bits per heavy atom. The van der Waals surface area contributed by atoms with Gasteiger partial charge in [-0.3, -0.25) is 0 Å². The van der Waals surface area contributed by atoms with E-state index in [1.54, 1.807) is 18.2 Å². The number of halogens is 1. The molecule has 0 saturated carbocycles. The topological polar surface area (TPSA) is 82.0 Å². The average Bonchev–Trinajstić information content (AvgIpc) is 2.89. The number of nitrogens with zero attached hydrogens (tertiary/aromatic N) is 1. The highest BCUT2D eigenvalue weighted by Gasteiger charge is 2.24. The molecule has 6 nitrogen and oxygen atoms in total. The second kappa shape index (κ2) is 6.48. The van der Waals surface area contributed by atoms with Crippen LogP contribution in [0.25, 0.3) is 6.08 Å². The van der Waals surface area contributed by atoms with E-state index in [1.807, 2.05) is 0 Å². The first-order valence-corrected chi connectivity index (χ1v) is 8.90. The maximum atomic E-state index is 13.0. The van der Waals surface area contributed by atoms with Crippen molar-refractivity contribution < 1.29 is 26.5 Å². The molecule has 0 fully saturated rings. The summed E-state index contributed by atoms with van der Waals surface area (Å²) >= 11 is 0. The smallest absolute Gasteiger partial charge is 0.363 e. The molecule has 2 aromatic carbocycles. The van der Waals surface area contributed by atoms with Crippen LogP contribution in [-0.4, -0.2) is 26.5 Å². The van der Waals surface area contributed by atoms with E-state index in [9.17, 15) is 17.6 Å². The van der Waals surface area contributed by atoms with Crippen molar-refractivity contribution in [3.8, 4) is 5.75 Å². The average molecular weight is 361 g/mol. The van der Waals surface area contributed by atoms with Gasteiger partial charge in [-0.15, -0.1) is 0 Å². The Hall–Kier alpha value is -3.00. The Morgan fingerprint density at radius 3 is 2.48 bits per heavy atom. The Morgan fingerprint density at radius 1 is 1.12 bits per heavy atom. The number of esters is 1. The minimum absolute atomic E-state index is 0.0242. The number of rotatable bonds is 4. The lowest BCUT2D eigenvalue weighted by molar-refractivity contribution is -0.129. The zero-order valence-electron chi connectivity index (χ0n) is 13.0. The molecule has 0 bridgehead atoms. The van der Waals surface area contributed by atoms with Crippen LogP contribution in [0.1, 0.15) is 11.1 Å². The molecule has 0 saturated heterocycles. The summed E-state index contributed by atoms with van der Waals surface area (Å²) in [7, 11) is -3.72. The van der Waals surface area contributed by atoms with E-state index in [0.29, 0.717) is 11.1 Å². The molecule has 3 rings (SSSR count). The molecular formula is C17H12FNO5S. The molecule has 0 spiro atoms. The molecular weight excluding hydrogens is 349 g/mol. The van der Waals surface area contributed by atoms with Crippen LogP contribution in [-0.2, 0) is 19.6 Å². The lowest BCUT2D eigenvalue weighted by Gasteiger charge is -2.06. The Balaban J connectivity index is 1.96. The molecule has 0 aliphatic carbocycles. The quantitative estimate of drug-likeness (QED) is 0.475. The fourth-order valence-electron chi connectivity index (χ4n) is 2.11. The van der Waals surface area contributed by atoms with Gasteiger partial charge in [-0.25, -0.2) is 14.2 Å². The number of benzene rings is 2. The zero-order chi connectivity index (χ0) is 18.0. The van der Waals surface area contributed by atoms with Gasteiger partial charge in [0.25, 0.3) is 0 Å². The summed E-state index contributed by atoms with van der Waals surface area (Å²) in [6.45, 7) is 0. The van der Waals surface area contributed by atoms with Gasteiger partial charge in [0.2, 0.25) is 5.90 Å². The third-order valence-corrected chi connectivity index (χ3v) is 3.65. The van der Waals surface area contributed by atoms with E-state index >= 15 is 0 Å². The van der Waals surface area contributed by atoms with E-state index < -0.39 is 21.9 Å². The van der Waals surface area contributed by atoms with Gasteiger partial charge in [-0.05, 0) is 36.4 Å². The first-order chi connectivity index (χ1) is 11.8. The standard InChI is InChI=1S/C17H12FNO5S/c1-25(21,22)24-15-5-3-2-4-12(15)10-14-17(20)23-16(19-14)11-6-8-13(18)9-7-11/h2-10H,1H3/b14-10+. The van der Waals surface area contributed by atoms with Crippen molar-refractivity contribution in [2.75, 3.05) is 6.26 Å². The first-order valence-electron chi connectivity index (χ1n) is 7.09. The zero-order valence-corrected chi connectivity index (χ0v) is 13.8. The molecule has 0 unspecified atom stereocenters. The van der Waals surface area contributed by atoms with Crippen LogP contribution in [0.3, 0.4) is 0 Å². The number of hydrogen-bond donors (Lipinski definition) is 0. The Labute approximate surface area is 143 Å². The molecule has 8 heteroatoms. The van der Waals surface area contributed by atoms with E-state index in [1.165, 1.54) is 36.4 Å². The molecule has 1 aliphatic rings. The summed E-state index contributed by atoms with van der Waals surface area (Å²) in [5.74, 6) is -1.02. The minimum atomic E-state index is -3.72. The van der Waals surface area contributed by atoms with Gasteiger partial charge in [0.1, 0.15) is 11.6 Å². The summed E-state index contributed by atoms with van der Waals surface area (Å²) in [4.78, 5) is 16.1. The minimum Gasteiger partial charge on any atom is -0.402 e. The Kier molecular flexibility index (Phi) is 4.37. The summed E-state index contributed by atoms with van der Waals surface area (Å²) in [6.07, 6.45) is 2.28. The van der Waals surface area contributed by atoms with Crippen molar-refractivity contribution in [2.24, 2.45) is 4.99 Å². The molecule has 0 atom stereocenters. The van der Waals surface area contributed by atoms with Gasteiger partial charge in [0.15, 0.2) is 5.70 Å². The van der Waals surface area contributed by atoms with Crippen molar-refractivity contribution in [1.82, 2.24) is 0 Å². The fourth-order valence-corrected chi connectivity index (χ4v) is 2.59. The molecule has 0 aromatic heterocycles. The van der Waals surface area contributed by atoms with E-state index in [4.69, 9.17) is 8.92 Å². The second-order valence-electron chi connectivity index (χ2n) is 5.17. The number of aliphatic imine (C=N–C) groups is 1. The number of ether oxygens (including phenoxy) is 1. The van der Waals surface area contributed by atoms with Crippen LogP contribution in [0, 0.1) is 5.82 Å². The van der Waals surface area contributed by atoms with Gasteiger partial charge in [0, 0.05) is 11.1 Å². The van der Waals surface area contributed by atoms with Crippen LogP contribution in [0.2, 0.25) is 0 Å². The normalized spacial score (nSPS) is 15.8. The number of carbonyl (C=O) groups is 1. The number of carbonyl (C=O) groups excluding carboxylic acids is 1. The fraction of sp³-hybridized carbons (Fsp3) is 0.0588. The number of para-hydroxylation sites is 1. The highest BCUT2D eigenvalue weighted by molar-refractivity contribution is 7.86. The second-order valence-corrected chi connectivity index (χ2v) is 6.74. The molecule has 0 amide bonds. The molecule has 0 N–H and O–H groups in total. The summed E-state index contributed by atoms with van der Waals surface area (Å²) in [5, 5.41) is 0. The van der Waals surface area contributed by atoms with Crippen molar-refractivity contribution in [1.29, 1.82) is 0 Å². The molecule has 0 radical (unpaired) electrons. The predicted octanol–water partition coefficient (Wildman–Crippen LogP) is 2.51. The van der Waals surface area contributed by atoms with Crippen LogP contribution in [0.5, 0.6) is 5.75 Å². The van der Waals surface area contributed by atoms with Crippen LogP contribution < -0.4 is 4.18 Å². The molecule has 1 heterocycles. The molecule has 128 valence electrons.